The summed E-state index contributed by atoms with van der Waals surface area (Å²) >= 11 is 0. The fraction of sp³-hybridized carbons (Fsp3) is 0.727. The number of amides is 1. The van der Waals surface area contributed by atoms with E-state index in [1.54, 1.807) is 18.7 Å². The Morgan fingerprint density at radius 2 is 2.00 bits per heavy atom. The number of nitrogens with one attached hydrogen (secondary N) is 1. The minimum atomic E-state index is -0.875. The molecule has 6 nitrogen and oxygen atoms in total. The lowest BCUT2D eigenvalue weighted by Gasteiger charge is -2.30. The second kappa shape index (κ2) is 3.53. The molecule has 1 aromatic heterocycles. The summed E-state index contributed by atoms with van der Waals surface area (Å²) in [5.41, 5.74) is -0.279. The van der Waals surface area contributed by atoms with Gasteiger partial charge in [0.05, 0.1) is 17.8 Å². The monoisotopic (exact) mass is 238 g/mol. The van der Waals surface area contributed by atoms with Crippen LogP contribution in [0, 0.1) is 12.3 Å². The van der Waals surface area contributed by atoms with Crippen LogP contribution >= 0.6 is 0 Å². The number of aryl methyl sites for hydroxylation is 1. The number of hydrogen-bond donors (Lipinski definition) is 2. The van der Waals surface area contributed by atoms with E-state index in [4.69, 9.17) is 0 Å². The first kappa shape index (κ1) is 12.0. The predicted octanol–water partition coefficient (Wildman–Crippen LogP) is 0.346. The van der Waals surface area contributed by atoms with Crippen LogP contribution in [-0.4, -0.2) is 50.0 Å². The number of β-amino-alcohol motifs (C(OH)–C–C–N with tert-alkyl or cyclic N) is 1. The summed E-state index contributed by atoms with van der Waals surface area (Å²) < 4.78 is 0. The molecule has 1 unspecified atom stereocenters. The molecule has 2 rings (SSSR count). The summed E-state index contributed by atoms with van der Waals surface area (Å²) in [7, 11) is 0. The average Bonchev–Trinajstić information content (AvgIpc) is 2.68. The third-order valence-corrected chi connectivity index (χ3v) is 3.75. The van der Waals surface area contributed by atoms with Crippen molar-refractivity contribution in [2.45, 2.75) is 33.3 Å². The molecule has 1 aromatic rings. The van der Waals surface area contributed by atoms with Crippen LogP contribution in [0.4, 0.5) is 0 Å². The van der Waals surface area contributed by atoms with Crippen molar-refractivity contribution < 1.29 is 9.90 Å². The number of H-pyrrole nitrogens is 1. The number of rotatable bonds is 1. The van der Waals surface area contributed by atoms with Gasteiger partial charge in [-0.05, 0) is 13.8 Å². The number of likely N-dealkylation sites (tertiary alicyclic amines) is 1. The van der Waals surface area contributed by atoms with Gasteiger partial charge in [0.2, 0.25) is 0 Å². The molecular weight excluding hydrogens is 220 g/mol. The van der Waals surface area contributed by atoms with Crippen LogP contribution in [0.15, 0.2) is 0 Å². The van der Waals surface area contributed by atoms with Crippen molar-refractivity contribution in [1.82, 2.24) is 20.3 Å². The van der Waals surface area contributed by atoms with E-state index in [2.05, 4.69) is 15.4 Å². The highest BCUT2D eigenvalue weighted by Gasteiger charge is 2.49. The first-order valence-electron chi connectivity index (χ1n) is 5.64. The van der Waals surface area contributed by atoms with Crippen molar-refractivity contribution in [3.05, 3.63) is 11.4 Å². The Morgan fingerprint density at radius 3 is 2.41 bits per heavy atom. The molecule has 0 aliphatic carbocycles. The molecule has 94 valence electrons. The maximum absolute atomic E-state index is 12.2. The lowest BCUT2D eigenvalue weighted by molar-refractivity contribution is -0.0108. The highest BCUT2D eigenvalue weighted by Crippen LogP contribution is 2.38. The van der Waals surface area contributed by atoms with E-state index < -0.39 is 5.60 Å². The van der Waals surface area contributed by atoms with Gasteiger partial charge in [-0.1, -0.05) is 13.8 Å². The molecule has 1 amide bonds. The molecule has 1 aliphatic heterocycles. The van der Waals surface area contributed by atoms with E-state index in [0.29, 0.717) is 24.5 Å². The smallest absolute Gasteiger partial charge is 0.276 e. The molecular formula is C11H18N4O2. The zero-order chi connectivity index (χ0) is 12.8. The van der Waals surface area contributed by atoms with Gasteiger partial charge >= 0.3 is 0 Å². The van der Waals surface area contributed by atoms with E-state index in [1.807, 2.05) is 13.8 Å². The van der Waals surface area contributed by atoms with E-state index in [1.165, 1.54) is 0 Å². The maximum Gasteiger partial charge on any atom is 0.276 e. The van der Waals surface area contributed by atoms with Gasteiger partial charge in [-0.2, -0.15) is 15.4 Å². The minimum absolute atomic E-state index is 0.179. The number of carbonyl (C=O) groups excluding carboxylic acids is 1. The molecule has 17 heavy (non-hydrogen) atoms. The van der Waals surface area contributed by atoms with Crippen LogP contribution < -0.4 is 0 Å². The van der Waals surface area contributed by atoms with Gasteiger partial charge in [-0.25, -0.2) is 0 Å². The van der Waals surface area contributed by atoms with E-state index in [9.17, 15) is 9.90 Å². The SMILES string of the molecule is Cc1n[nH]nc1C(=O)N1CC(C)(C)C(C)(O)C1. The van der Waals surface area contributed by atoms with Gasteiger partial charge in [0.15, 0.2) is 5.69 Å². The third kappa shape index (κ3) is 1.82. The quantitative estimate of drug-likeness (QED) is 0.739. The van der Waals surface area contributed by atoms with Crippen LogP contribution in [0.3, 0.4) is 0 Å². The minimum Gasteiger partial charge on any atom is -0.388 e. The summed E-state index contributed by atoms with van der Waals surface area (Å²) in [5, 5.41) is 20.4. The van der Waals surface area contributed by atoms with Crippen LogP contribution in [0.2, 0.25) is 0 Å². The molecule has 1 aliphatic rings. The fourth-order valence-electron chi connectivity index (χ4n) is 2.07. The zero-order valence-corrected chi connectivity index (χ0v) is 10.6. The molecule has 0 bridgehead atoms. The largest absolute Gasteiger partial charge is 0.388 e. The van der Waals surface area contributed by atoms with Gasteiger partial charge in [0, 0.05) is 12.0 Å². The maximum atomic E-state index is 12.2. The first-order chi connectivity index (χ1) is 7.74. The van der Waals surface area contributed by atoms with Crippen LogP contribution in [-0.2, 0) is 0 Å². The molecule has 2 heterocycles. The lowest BCUT2D eigenvalue weighted by atomic mass is 9.79. The zero-order valence-electron chi connectivity index (χ0n) is 10.6. The van der Waals surface area contributed by atoms with Crippen LogP contribution in [0.5, 0.6) is 0 Å². The Bertz CT molecular complexity index is 434. The molecule has 0 radical (unpaired) electrons. The number of aromatic nitrogens is 3. The first-order valence-corrected chi connectivity index (χ1v) is 5.64. The van der Waals surface area contributed by atoms with Crippen molar-refractivity contribution in [2.75, 3.05) is 13.1 Å². The number of carbonyl (C=O) groups is 1. The highest BCUT2D eigenvalue weighted by molar-refractivity contribution is 5.93. The molecule has 0 saturated carbocycles. The summed E-state index contributed by atoms with van der Waals surface area (Å²) in [6.07, 6.45) is 0. The van der Waals surface area contributed by atoms with Gasteiger partial charge in [-0.15, -0.1) is 0 Å². The average molecular weight is 238 g/mol. The van der Waals surface area contributed by atoms with Gasteiger partial charge in [0.1, 0.15) is 0 Å². The normalized spacial score (nSPS) is 27.5. The molecule has 2 N–H and O–H groups in total. The van der Waals surface area contributed by atoms with Gasteiger partial charge in [0.25, 0.3) is 5.91 Å². The van der Waals surface area contributed by atoms with E-state index >= 15 is 0 Å². The highest BCUT2D eigenvalue weighted by atomic mass is 16.3. The van der Waals surface area contributed by atoms with Crippen molar-refractivity contribution in [1.29, 1.82) is 0 Å². The summed E-state index contributed by atoms with van der Waals surface area (Å²) in [5.74, 6) is -0.179. The Hall–Kier alpha value is -1.43. The molecule has 0 aromatic carbocycles. The second-order valence-corrected chi connectivity index (χ2v) is 5.58. The number of nitrogens with zero attached hydrogens (tertiary/aromatic N) is 3. The Labute approximate surface area is 100 Å². The van der Waals surface area contributed by atoms with Gasteiger partial charge < -0.3 is 10.0 Å². The van der Waals surface area contributed by atoms with Crippen molar-refractivity contribution in [3.8, 4) is 0 Å². The molecule has 1 saturated heterocycles. The van der Waals surface area contributed by atoms with Crippen molar-refractivity contribution >= 4 is 5.91 Å². The second-order valence-electron chi connectivity index (χ2n) is 5.58. The summed E-state index contributed by atoms with van der Waals surface area (Å²) in [4.78, 5) is 13.8. The number of aliphatic hydroxyl groups is 1. The van der Waals surface area contributed by atoms with Crippen LogP contribution in [0.25, 0.3) is 0 Å². The third-order valence-electron chi connectivity index (χ3n) is 3.75. The molecule has 1 atom stereocenters. The summed E-state index contributed by atoms with van der Waals surface area (Å²) in [6.45, 7) is 8.24. The Kier molecular flexibility index (Phi) is 2.50. The van der Waals surface area contributed by atoms with E-state index in [0.717, 1.165) is 0 Å². The standard InChI is InChI=1S/C11H18N4O2/c1-7-8(13-14-12-7)9(16)15-5-10(2,3)11(4,17)6-15/h17H,5-6H2,1-4H3,(H,12,13,14). The fourth-order valence-corrected chi connectivity index (χ4v) is 2.07. The molecule has 6 heteroatoms. The van der Waals surface area contributed by atoms with Crippen LogP contribution in [0.1, 0.15) is 37.0 Å². The van der Waals surface area contributed by atoms with Crippen molar-refractivity contribution in [3.63, 3.8) is 0 Å². The molecule has 0 spiro atoms. The number of aromatic amines is 1. The Balaban J connectivity index is 2.23. The lowest BCUT2D eigenvalue weighted by Crippen LogP contribution is -2.40. The topological polar surface area (TPSA) is 82.1 Å². The number of hydrogen-bond acceptors (Lipinski definition) is 4. The van der Waals surface area contributed by atoms with Gasteiger partial charge in [-0.3, -0.25) is 4.79 Å². The summed E-state index contributed by atoms with van der Waals surface area (Å²) in [6, 6.07) is 0. The molecule has 1 fully saturated rings. The van der Waals surface area contributed by atoms with E-state index in [-0.39, 0.29) is 11.3 Å². The predicted molar refractivity (Wildman–Crippen MR) is 61.4 cm³/mol. The Morgan fingerprint density at radius 1 is 1.35 bits per heavy atom. The van der Waals surface area contributed by atoms with Crippen molar-refractivity contribution in [2.24, 2.45) is 5.41 Å².